The molecule has 6 nitrogen and oxygen atoms in total. The van der Waals surface area contributed by atoms with E-state index in [-0.39, 0.29) is 11.2 Å². The van der Waals surface area contributed by atoms with Crippen LogP contribution in [0, 0.1) is 5.82 Å². The molecular formula is C17H24FN5O. The van der Waals surface area contributed by atoms with E-state index >= 15 is 0 Å². The second kappa shape index (κ2) is 7.42. The van der Waals surface area contributed by atoms with Crippen LogP contribution in [0.5, 0.6) is 0 Å². The minimum absolute atomic E-state index is 0.174. The first-order chi connectivity index (χ1) is 11.3. The molecule has 1 aromatic carbocycles. The van der Waals surface area contributed by atoms with Gasteiger partial charge in [0.05, 0.1) is 6.54 Å². The van der Waals surface area contributed by atoms with E-state index in [1.807, 2.05) is 32.7 Å². The van der Waals surface area contributed by atoms with Gasteiger partial charge in [0.15, 0.2) is 11.8 Å². The second-order valence-corrected chi connectivity index (χ2v) is 6.65. The van der Waals surface area contributed by atoms with Crippen molar-refractivity contribution in [2.24, 2.45) is 4.99 Å². The van der Waals surface area contributed by atoms with Crippen LogP contribution in [-0.4, -0.2) is 35.1 Å². The largest absolute Gasteiger partial charge is 0.349 e. The molecule has 0 bridgehead atoms. The van der Waals surface area contributed by atoms with Crippen LogP contribution in [0.25, 0.3) is 0 Å². The predicted octanol–water partition coefficient (Wildman–Crippen LogP) is 2.71. The van der Waals surface area contributed by atoms with E-state index in [1.165, 1.54) is 12.1 Å². The fraction of sp³-hybridized carbons (Fsp3) is 0.471. The Kier molecular flexibility index (Phi) is 5.54. The minimum atomic E-state index is -0.240. The Balaban J connectivity index is 1.94. The maximum Gasteiger partial charge on any atom is 0.232 e. The molecule has 0 fully saturated rings. The molecule has 1 N–H and O–H groups in total. The number of aromatic nitrogens is 2. The van der Waals surface area contributed by atoms with Gasteiger partial charge in [0.2, 0.25) is 5.89 Å². The molecule has 2 aromatic rings. The molecule has 0 aliphatic heterocycles. The Morgan fingerprint density at radius 1 is 1.29 bits per heavy atom. The molecule has 0 amide bonds. The smallest absolute Gasteiger partial charge is 0.232 e. The summed E-state index contributed by atoms with van der Waals surface area (Å²) >= 11 is 0. The van der Waals surface area contributed by atoms with Gasteiger partial charge >= 0.3 is 0 Å². The highest BCUT2D eigenvalue weighted by Gasteiger charge is 2.21. The van der Waals surface area contributed by atoms with Crippen LogP contribution >= 0.6 is 0 Å². The van der Waals surface area contributed by atoms with Crippen molar-refractivity contribution in [3.63, 3.8) is 0 Å². The van der Waals surface area contributed by atoms with Gasteiger partial charge in [-0.25, -0.2) is 4.39 Å². The summed E-state index contributed by atoms with van der Waals surface area (Å²) in [6, 6.07) is 6.42. The molecule has 0 saturated heterocycles. The van der Waals surface area contributed by atoms with Crippen LogP contribution in [0.15, 0.2) is 33.8 Å². The fourth-order valence-corrected chi connectivity index (χ4v) is 2.11. The predicted molar refractivity (Wildman–Crippen MR) is 91.1 cm³/mol. The fourth-order valence-electron chi connectivity index (χ4n) is 2.11. The quantitative estimate of drug-likeness (QED) is 0.688. The van der Waals surface area contributed by atoms with Crippen molar-refractivity contribution >= 4 is 5.96 Å². The van der Waals surface area contributed by atoms with Gasteiger partial charge in [0.1, 0.15) is 5.82 Å². The van der Waals surface area contributed by atoms with Gasteiger partial charge in [-0.3, -0.25) is 4.99 Å². The number of halogens is 1. The van der Waals surface area contributed by atoms with Gasteiger partial charge < -0.3 is 14.7 Å². The lowest BCUT2D eigenvalue weighted by molar-refractivity contribution is 0.318. The molecule has 1 heterocycles. The third kappa shape index (κ3) is 4.78. The third-order valence-electron chi connectivity index (χ3n) is 3.42. The molecule has 2 rings (SSSR count). The first kappa shape index (κ1) is 17.9. The van der Waals surface area contributed by atoms with Crippen molar-refractivity contribution in [1.29, 1.82) is 0 Å². The number of hydrogen-bond donors (Lipinski definition) is 1. The molecule has 130 valence electrons. The number of nitrogens with zero attached hydrogens (tertiary/aromatic N) is 4. The lowest BCUT2D eigenvalue weighted by atomic mass is 9.97. The van der Waals surface area contributed by atoms with Crippen LogP contribution in [0.4, 0.5) is 4.39 Å². The first-order valence-electron chi connectivity index (χ1n) is 7.79. The number of rotatable bonds is 4. The highest BCUT2D eigenvalue weighted by molar-refractivity contribution is 5.79. The van der Waals surface area contributed by atoms with Gasteiger partial charge in [-0.05, 0) is 17.7 Å². The summed E-state index contributed by atoms with van der Waals surface area (Å²) in [6.45, 7) is 7.09. The summed E-state index contributed by atoms with van der Waals surface area (Å²) in [7, 11) is 3.62. The Morgan fingerprint density at radius 3 is 2.50 bits per heavy atom. The number of nitrogens with one attached hydrogen (secondary N) is 1. The maximum atomic E-state index is 13.0. The highest BCUT2D eigenvalue weighted by atomic mass is 19.1. The lowest BCUT2D eigenvalue weighted by Gasteiger charge is -2.21. The zero-order valence-corrected chi connectivity index (χ0v) is 14.8. The van der Waals surface area contributed by atoms with Crippen molar-refractivity contribution in [2.75, 3.05) is 14.1 Å². The van der Waals surface area contributed by atoms with E-state index in [1.54, 1.807) is 19.2 Å². The highest BCUT2D eigenvalue weighted by Crippen LogP contribution is 2.19. The summed E-state index contributed by atoms with van der Waals surface area (Å²) in [6.07, 6.45) is 0. The molecule has 0 atom stereocenters. The van der Waals surface area contributed by atoms with Gasteiger partial charge in [-0.15, -0.1) is 0 Å². The minimum Gasteiger partial charge on any atom is -0.349 e. The Labute approximate surface area is 141 Å². The maximum absolute atomic E-state index is 13.0. The number of aliphatic imine (C=N–C) groups is 1. The molecule has 0 saturated carbocycles. The molecule has 0 spiro atoms. The summed E-state index contributed by atoms with van der Waals surface area (Å²) in [5.41, 5.74) is 0.822. The SMILES string of the molecule is CN=C(NCc1noc(C(C)(C)C)n1)N(C)Cc1ccc(F)cc1. The van der Waals surface area contributed by atoms with Gasteiger partial charge in [0.25, 0.3) is 0 Å². The average molecular weight is 333 g/mol. The van der Waals surface area contributed by atoms with E-state index in [0.29, 0.717) is 30.8 Å². The summed E-state index contributed by atoms with van der Waals surface area (Å²) in [4.78, 5) is 10.6. The van der Waals surface area contributed by atoms with Gasteiger partial charge in [0, 0.05) is 26.1 Å². The third-order valence-corrected chi connectivity index (χ3v) is 3.42. The van der Waals surface area contributed by atoms with Crippen molar-refractivity contribution in [1.82, 2.24) is 20.4 Å². The Hall–Kier alpha value is -2.44. The van der Waals surface area contributed by atoms with Crippen LogP contribution in [-0.2, 0) is 18.5 Å². The molecule has 0 aliphatic carbocycles. The standard InChI is InChI=1S/C17H24FN5O/c1-17(2,3)15-21-14(22-24-15)10-20-16(19-4)23(5)11-12-6-8-13(18)9-7-12/h6-9H,10-11H2,1-5H3,(H,19,20). The zero-order valence-electron chi connectivity index (χ0n) is 14.8. The average Bonchev–Trinajstić information content (AvgIpc) is 2.99. The summed E-state index contributed by atoms with van der Waals surface area (Å²) in [5, 5.41) is 7.18. The van der Waals surface area contributed by atoms with Crippen molar-refractivity contribution in [2.45, 2.75) is 39.3 Å². The zero-order chi connectivity index (χ0) is 17.7. The molecule has 24 heavy (non-hydrogen) atoms. The van der Waals surface area contributed by atoms with Gasteiger partial charge in [-0.1, -0.05) is 38.1 Å². The molecule has 0 radical (unpaired) electrons. The lowest BCUT2D eigenvalue weighted by Crippen LogP contribution is -2.38. The molecule has 7 heteroatoms. The van der Waals surface area contributed by atoms with E-state index in [0.717, 1.165) is 5.56 Å². The van der Waals surface area contributed by atoms with Gasteiger partial charge in [-0.2, -0.15) is 4.98 Å². The van der Waals surface area contributed by atoms with E-state index < -0.39 is 0 Å². The van der Waals surface area contributed by atoms with Crippen LogP contribution in [0.1, 0.15) is 38.0 Å². The normalized spacial score (nSPS) is 12.3. The van der Waals surface area contributed by atoms with Crippen LogP contribution < -0.4 is 5.32 Å². The number of hydrogen-bond acceptors (Lipinski definition) is 4. The first-order valence-corrected chi connectivity index (χ1v) is 7.79. The number of guanidine groups is 1. The van der Waals surface area contributed by atoms with Crippen LogP contribution in [0.3, 0.4) is 0 Å². The summed E-state index contributed by atoms with van der Waals surface area (Å²) < 4.78 is 18.2. The Bertz CT molecular complexity index is 688. The molecule has 0 aliphatic rings. The van der Waals surface area contributed by atoms with E-state index in [4.69, 9.17) is 4.52 Å². The number of benzene rings is 1. The van der Waals surface area contributed by atoms with Crippen molar-refractivity contribution in [3.8, 4) is 0 Å². The molecule has 1 aromatic heterocycles. The van der Waals surface area contributed by atoms with Crippen molar-refractivity contribution in [3.05, 3.63) is 47.4 Å². The molecule has 0 unspecified atom stereocenters. The van der Waals surface area contributed by atoms with Crippen molar-refractivity contribution < 1.29 is 8.91 Å². The Morgan fingerprint density at radius 2 is 1.96 bits per heavy atom. The van der Waals surface area contributed by atoms with Crippen LogP contribution in [0.2, 0.25) is 0 Å². The monoisotopic (exact) mass is 333 g/mol. The second-order valence-electron chi connectivity index (χ2n) is 6.65. The topological polar surface area (TPSA) is 66.5 Å². The van der Waals surface area contributed by atoms with E-state index in [9.17, 15) is 4.39 Å². The molecular weight excluding hydrogens is 309 g/mol. The summed E-state index contributed by atoms with van der Waals surface area (Å²) in [5.74, 6) is 1.64. The van der Waals surface area contributed by atoms with E-state index in [2.05, 4.69) is 20.4 Å².